The van der Waals surface area contributed by atoms with E-state index in [-0.39, 0.29) is 5.56 Å². The van der Waals surface area contributed by atoms with Gasteiger partial charge >= 0.3 is 5.97 Å². The molecule has 0 bridgehead atoms. The number of aromatic nitrogens is 1. The smallest absolute Gasteiger partial charge is 0.335 e. The number of rotatable bonds is 4. The number of carboxylic acids is 1. The van der Waals surface area contributed by atoms with Gasteiger partial charge in [-0.2, -0.15) is 0 Å². The van der Waals surface area contributed by atoms with E-state index in [4.69, 9.17) is 16.7 Å². The lowest BCUT2D eigenvalue weighted by molar-refractivity contribution is 0.0697. The maximum Gasteiger partial charge on any atom is 0.335 e. The number of benzene rings is 2. The van der Waals surface area contributed by atoms with Crippen LogP contribution >= 0.6 is 11.6 Å². The summed E-state index contributed by atoms with van der Waals surface area (Å²) in [6.07, 6.45) is 3.68. The van der Waals surface area contributed by atoms with Crippen molar-refractivity contribution in [3.8, 4) is 5.69 Å². The predicted molar refractivity (Wildman–Crippen MR) is 96.2 cm³/mol. The second-order valence-corrected chi connectivity index (χ2v) is 5.75. The molecule has 0 unspecified atom stereocenters. The summed E-state index contributed by atoms with van der Waals surface area (Å²) >= 11 is 6.20. The van der Waals surface area contributed by atoms with Crippen LogP contribution in [0.3, 0.4) is 0 Å². The molecule has 0 radical (unpaired) electrons. The van der Waals surface area contributed by atoms with Crippen molar-refractivity contribution in [1.29, 1.82) is 0 Å². The van der Waals surface area contributed by atoms with Crippen LogP contribution in [0.15, 0.2) is 65.8 Å². The number of hydrogen-bond donors (Lipinski definition) is 1. The molecule has 0 fully saturated rings. The van der Waals surface area contributed by atoms with Crippen LogP contribution in [0.5, 0.6) is 0 Å². The number of carboxylic acid groups (broad SMARTS) is 1. The lowest BCUT2D eigenvalue weighted by Crippen LogP contribution is -1.98. The van der Waals surface area contributed by atoms with Crippen molar-refractivity contribution in [3.05, 3.63) is 82.6 Å². The van der Waals surface area contributed by atoms with Crippen LogP contribution in [-0.2, 0) is 0 Å². The minimum absolute atomic E-state index is 0.242. The Balaban J connectivity index is 1.87. The Hall–Kier alpha value is -2.85. The van der Waals surface area contributed by atoms with Crippen LogP contribution in [0.2, 0.25) is 5.02 Å². The van der Waals surface area contributed by atoms with Crippen molar-refractivity contribution >= 4 is 29.5 Å². The number of aromatic carboxylic acids is 1. The van der Waals surface area contributed by atoms with E-state index in [1.54, 1.807) is 18.3 Å². The molecule has 120 valence electrons. The molecule has 0 spiro atoms. The van der Waals surface area contributed by atoms with Gasteiger partial charge in [0, 0.05) is 16.9 Å². The summed E-state index contributed by atoms with van der Waals surface area (Å²) in [6, 6.07) is 16.2. The van der Waals surface area contributed by atoms with Crippen molar-refractivity contribution in [1.82, 2.24) is 4.57 Å². The molecular weight excluding hydrogens is 324 g/mol. The highest BCUT2D eigenvalue weighted by molar-refractivity contribution is 6.31. The fourth-order valence-electron chi connectivity index (χ4n) is 2.30. The summed E-state index contributed by atoms with van der Waals surface area (Å²) < 4.78 is 1.99. The van der Waals surface area contributed by atoms with Crippen LogP contribution in [0.1, 0.15) is 21.6 Å². The summed E-state index contributed by atoms with van der Waals surface area (Å²) in [5, 5.41) is 9.62. The Morgan fingerprint density at radius 1 is 1.17 bits per heavy atom. The molecule has 0 aliphatic carbocycles. The molecule has 3 rings (SSSR count). The largest absolute Gasteiger partial charge is 0.478 e. The molecule has 0 atom stereocenters. The van der Waals surface area contributed by atoms with Crippen molar-refractivity contribution in [2.75, 3.05) is 0 Å². The molecule has 5 heteroatoms. The summed E-state index contributed by atoms with van der Waals surface area (Å²) in [7, 11) is 0. The molecule has 0 aliphatic rings. The third-order valence-corrected chi connectivity index (χ3v) is 4.08. The molecule has 0 saturated heterocycles. The predicted octanol–water partition coefficient (Wildman–Crippen LogP) is 4.89. The molecule has 1 heterocycles. The Bertz CT molecular complexity index is 911. The van der Waals surface area contributed by atoms with Crippen LogP contribution in [-0.4, -0.2) is 21.9 Å². The minimum Gasteiger partial charge on any atom is -0.478 e. The third-order valence-electron chi connectivity index (χ3n) is 3.67. The summed E-state index contributed by atoms with van der Waals surface area (Å²) in [5.41, 5.74) is 3.82. The summed E-state index contributed by atoms with van der Waals surface area (Å²) in [5.74, 6) is -0.948. The van der Waals surface area contributed by atoms with E-state index >= 15 is 0 Å². The monoisotopic (exact) mass is 338 g/mol. The second kappa shape index (κ2) is 6.72. The number of nitrogens with zero attached hydrogens (tertiary/aromatic N) is 2. The van der Waals surface area contributed by atoms with E-state index in [9.17, 15) is 4.79 Å². The lowest BCUT2D eigenvalue weighted by Gasteiger charge is -2.08. The van der Waals surface area contributed by atoms with Crippen molar-refractivity contribution in [2.45, 2.75) is 6.92 Å². The van der Waals surface area contributed by atoms with Gasteiger partial charge in [-0.1, -0.05) is 17.7 Å². The van der Waals surface area contributed by atoms with Gasteiger partial charge in [0.05, 0.1) is 23.2 Å². The topological polar surface area (TPSA) is 54.6 Å². The van der Waals surface area contributed by atoms with Crippen LogP contribution in [0, 0.1) is 6.92 Å². The van der Waals surface area contributed by atoms with E-state index in [0.29, 0.717) is 10.7 Å². The highest BCUT2D eigenvalue weighted by atomic mass is 35.5. The van der Waals surface area contributed by atoms with Crippen molar-refractivity contribution in [3.63, 3.8) is 0 Å². The van der Waals surface area contributed by atoms with E-state index in [1.165, 1.54) is 12.1 Å². The molecular formula is C19H15ClN2O2. The van der Waals surface area contributed by atoms with E-state index in [2.05, 4.69) is 4.99 Å². The molecule has 0 saturated carbocycles. The first-order valence-electron chi connectivity index (χ1n) is 7.36. The zero-order chi connectivity index (χ0) is 17.1. The van der Waals surface area contributed by atoms with Gasteiger partial charge in [0.1, 0.15) is 0 Å². The highest BCUT2D eigenvalue weighted by Crippen LogP contribution is 2.21. The van der Waals surface area contributed by atoms with Crippen molar-refractivity contribution in [2.24, 2.45) is 4.99 Å². The normalized spacial score (nSPS) is 11.1. The van der Waals surface area contributed by atoms with Gasteiger partial charge < -0.3 is 9.67 Å². The Morgan fingerprint density at radius 2 is 1.92 bits per heavy atom. The molecule has 0 aliphatic heterocycles. The second-order valence-electron chi connectivity index (χ2n) is 5.35. The molecule has 2 aromatic carbocycles. The minimum atomic E-state index is -0.948. The zero-order valence-electron chi connectivity index (χ0n) is 13.0. The first kappa shape index (κ1) is 16.0. The number of hydrogen-bond acceptors (Lipinski definition) is 2. The van der Waals surface area contributed by atoms with Gasteiger partial charge in [-0.3, -0.25) is 4.99 Å². The summed E-state index contributed by atoms with van der Waals surface area (Å²) in [6.45, 7) is 1.96. The van der Waals surface area contributed by atoms with Gasteiger partial charge in [0.15, 0.2) is 0 Å². The van der Waals surface area contributed by atoms with Gasteiger partial charge in [-0.25, -0.2) is 4.79 Å². The number of aliphatic imine (C=N–C) groups is 1. The molecule has 4 nitrogen and oxygen atoms in total. The first-order valence-corrected chi connectivity index (χ1v) is 7.74. The zero-order valence-corrected chi connectivity index (χ0v) is 13.7. The average Bonchev–Trinajstić information content (AvgIpc) is 3.04. The lowest BCUT2D eigenvalue weighted by atomic mass is 10.2. The molecule has 1 N–H and O–H groups in total. The van der Waals surface area contributed by atoms with E-state index in [1.807, 2.05) is 48.0 Å². The van der Waals surface area contributed by atoms with Gasteiger partial charge in [-0.15, -0.1) is 0 Å². The van der Waals surface area contributed by atoms with E-state index in [0.717, 1.165) is 16.9 Å². The third kappa shape index (κ3) is 3.39. The molecule has 3 aromatic rings. The fourth-order valence-corrected chi connectivity index (χ4v) is 2.47. The van der Waals surface area contributed by atoms with Gasteiger partial charge in [0.25, 0.3) is 0 Å². The SMILES string of the molecule is Cc1ccc(-n2cccc2C=Nc2ccc(C(=O)O)cc2)cc1Cl. The maximum atomic E-state index is 10.9. The number of carbonyl (C=O) groups is 1. The summed E-state index contributed by atoms with van der Waals surface area (Å²) in [4.78, 5) is 15.3. The van der Waals surface area contributed by atoms with Crippen LogP contribution in [0.25, 0.3) is 5.69 Å². The molecule has 1 aromatic heterocycles. The number of aryl methyl sites for hydroxylation is 1. The Kier molecular flexibility index (Phi) is 4.49. The fraction of sp³-hybridized carbons (Fsp3) is 0.0526. The van der Waals surface area contributed by atoms with Gasteiger partial charge in [-0.05, 0) is 61.0 Å². The van der Waals surface area contributed by atoms with Crippen LogP contribution < -0.4 is 0 Å². The van der Waals surface area contributed by atoms with Crippen LogP contribution in [0.4, 0.5) is 5.69 Å². The first-order chi connectivity index (χ1) is 11.5. The quantitative estimate of drug-likeness (QED) is 0.689. The Labute approximate surface area is 144 Å². The average molecular weight is 339 g/mol. The number of halogens is 1. The van der Waals surface area contributed by atoms with Gasteiger partial charge in [0.2, 0.25) is 0 Å². The standard InChI is InChI=1S/C19H15ClN2O2/c1-13-4-9-16(11-18(13)20)22-10-2-3-17(22)12-21-15-7-5-14(6-8-15)19(23)24/h2-12H,1H3,(H,23,24). The van der Waals surface area contributed by atoms with E-state index < -0.39 is 5.97 Å². The molecule has 0 amide bonds. The highest BCUT2D eigenvalue weighted by Gasteiger charge is 2.04. The Morgan fingerprint density at radius 3 is 2.58 bits per heavy atom. The molecule has 24 heavy (non-hydrogen) atoms. The van der Waals surface area contributed by atoms with Crippen molar-refractivity contribution < 1.29 is 9.90 Å². The maximum absolute atomic E-state index is 10.9.